The van der Waals surface area contributed by atoms with E-state index in [1.807, 2.05) is 22.8 Å². The van der Waals surface area contributed by atoms with Crippen LogP contribution in [-0.2, 0) is 6.54 Å². The molecule has 30 heavy (non-hydrogen) atoms. The molecule has 1 aliphatic heterocycles. The summed E-state index contributed by atoms with van der Waals surface area (Å²) in [6.45, 7) is 6.46. The molecule has 0 saturated heterocycles. The van der Waals surface area contributed by atoms with Crippen molar-refractivity contribution in [2.75, 3.05) is 25.1 Å². The predicted octanol–water partition coefficient (Wildman–Crippen LogP) is 2.60. The smallest absolute Gasteiger partial charge is 0.277 e. The second-order valence-corrected chi connectivity index (χ2v) is 8.18. The predicted molar refractivity (Wildman–Crippen MR) is 121 cm³/mol. The van der Waals surface area contributed by atoms with Crippen molar-refractivity contribution in [1.29, 1.82) is 0 Å². The van der Waals surface area contributed by atoms with Gasteiger partial charge in [-0.2, -0.15) is 0 Å². The molecular formula is C21H26N6O2S. The molecule has 9 heteroatoms. The van der Waals surface area contributed by atoms with E-state index in [1.165, 1.54) is 6.33 Å². The molecule has 0 radical (unpaired) electrons. The van der Waals surface area contributed by atoms with Gasteiger partial charge in [0.2, 0.25) is 0 Å². The lowest BCUT2D eigenvalue weighted by atomic mass is 10.0. The van der Waals surface area contributed by atoms with Gasteiger partial charge in [-0.1, -0.05) is 24.3 Å². The molecule has 2 unspecified atom stereocenters. The Kier molecular flexibility index (Phi) is 5.48. The Morgan fingerprint density at radius 3 is 3.00 bits per heavy atom. The van der Waals surface area contributed by atoms with Crippen LogP contribution in [0.4, 0.5) is 5.69 Å². The van der Waals surface area contributed by atoms with E-state index in [0.29, 0.717) is 22.5 Å². The molecule has 2 aromatic heterocycles. The van der Waals surface area contributed by atoms with Crippen LogP contribution in [0.25, 0.3) is 11.2 Å². The lowest BCUT2D eigenvalue weighted by Gasteiger charge is -2.38. The fourth-order valence-corrected chi connectivity index (χ4v) is 4.22. The first-order valence-corrected chi connectivity index (χ1v) is 10.3. The molecule has 3 heterocycles. The zero-order valence-electron chi connectivity index (χ0n) is 17.3. The van der Waals surface area contributed by atoms with E-state index >= 15 is 0 Å². The fraction of sp³-hybridized carbons (Fsp3) is 0.381. The standard InChI is InChI=1S/C21H26N6O2S/c1-14(11-26-18-17(23-13-24-18)19(28)25-20(26)30)22-12-21(2)9-6-10-27(21)15-7-4-5-8-16(15)29-3/h4-9,13-14,22H,10-12H2,1-3H3,(H,23,24)(H,25,28,30). The largest absolute Gasteiger partial charge is 0.495 e. The number of hydrogen-bond donors (Lipinski definition) is 3. The third-order valence-electron chi connectivity index (χ3n) is 5.59. The Morgan fingerprint density at radius 1 is 1.40 bits per heavy atom. The van der Waals surface area contributed by atoms with Crippen molar-refractivity contribution < 1.29 is 4.74 Å². The summed E-state index contributed by atoms with van der Waals surface area (Å²) >= 11 is 5.37. The summed E-state index contributed by atoms with van der Waals surface area (Å²) in [5.74, 6) is 0.862. The van der Waals surface area contributed by atoms with Gasteiger partial charge in [-0.15, -0.1) is 0 Å². The highest BCUT2D eigenvalue weighted by Gasteiger charge is 2.34. The van der Waals surface area contributed by atoms with Gasteiger partial charge >= 0.3 is 0 Å². The maximum absolute atomic E-state index is 12.0. The molecule has 1 aliphatic rings. The summed E-state index contributed by atoms with van der Waals surface area (Å²) in [5.41, 5.74) is 1.63. The molecule has 0 spiro atoms. The summed E-state index contributed by atoms with van der Waals surface area (Å²) in [6.07, 6.45) is 5.93. The van der Waals surface area contributed by atoms with Crippen molar-refractivity contribution in [1.82, 2.24) is 24.8 Å². The molecule has 3 N–H and O–H groups in total. The van der Waals surface area contributed by atoms with Crippen LogP contribution in [0.5, 0.6) is 5.75 Å². The van der Waals surface area contributed by atoms with Crippen molar-refractivity contribution in [3.8, 4) is 5.75 Å². The lowest BCUT2D eigenvalue weighted by molar-refractivity contribution is 0.400. The molecule has 0 bridgehead atoms. The first-order chi connectivity index (χ1) is 14.4. The summed E-state index contributed by atoms with van der Waals surface area (Å²) in [7, 11) is 1.70. The van der Waals surface area contributed by atoms with Gasteiger partial charge < -0.3 is 19.9 Å². The molecule has 4 rings (SSSR count). The maximum Gasteiger partial charge on any atom is 0.277 e. The lowest BCUT2D eigenvalue weighted by Crippen LogP contribution is -2.51. The van der Waals surface area contributed by atoms with Gasteiger partial charge in [0.15, 0.2) is 10.4 Å². The highest BCUT2D eigenvalue weighted by molar-refractivity contribution is 7.71. The Morgan fingerprint density at radius 2 is 2.20 bits per heavy atom. The molecule has 2 atom stereocenters. The number of fused-ring (bicyclic) bond motifs is 1. The van der Waals surface area contributed by atoms with E-state index in [2.05, 4.69) is 57.2 Å². The highest BCUT2D eigenvalue weighted by atomic mass is 32.1. The average molecular weight is 427 g/mol. The van der Waals surface area contributed by atoms with Crippen LogP contribution in [0.3, 0.4) is 0 Å². The Labute approximate surface area is 179 Å². The minimum absolute atomic E-state index is 0.104. The second-order valence-electron chi connectivity index (χ2n) is 7.79. The molecule has 158 valence electrons. The van der Waals surface area contributed by atoms with Crippen LogP contribution in [0, 0.1) is 4.77 Å². The average Bonchev–Trinajstić information content (AvgIpc) is 3.37. The topological polar surface area (TPSA) is 91.0 Å². The van der Waals surface area contributed by atoms with Gasteiger partial charge in [0.05, 0.1) is 24.7 Å². The summed E-state index contributed by atoms with van der Waals surface area (Å²) in [4.78, 5) is 24.2. The molecule has 0 amide bonds. The van der Waals surface area contributed by atoms with E-state index in [4.69, 9.17) is 17.0 Å². The van der Waals surface area contributed by atoms with E-state index in [1.54, 1.807) is 7.11 Å². The van der Waals surface area contributed by atoms with Crippen molar-refractivity contribution in [2.24, 2.45) is 0 Å². The number of nitrogens with zero attached hydrogens (tertiary/aromatic N) is 3. The zero-order chi connectivity index (χ0) is 21.3. The number of para-hydroxylation sites is 2. The second kappa shape index (κ2) is 8.08. The third-order valence-corrected chi connectivity index (χ3v) is 5.91. The fourth-order valence-electron chi connectivity index (χ4n) is 3.96. The number of aromatic nitrogens is 4. The number of H-pyrrole nitrogens is 2. The van der Waals surface area contributed by atoms with E-state index in [0.717, 1.165) is 24.5 Å². The van der Waals surface area contributed by atoms with Crippen molar-refractivity contribution in [3.05, 3.63) is 57.9 Å². The molecule has 0 aliphatic carbocycles. The maximum atomic E-state index is 12.0. The summed E-state index contributed by atoms with van der Waals surface area (Å²) in [5, 5.41) is 3.62. The highest BCUT2D eigenvalue weighted by Crippen LogP contribution is 2.35. The van der Waals surface area contributed by atoms with Crippen LogP contribution in [0.15, 0.2) is 47.5 Å². The van der Waals surface area contributed by atoms with Crippen LogP contribution >= 0.6 is 12.2 Å². The number of ether oxygens (including phenoxy) is 1. The summed E-state index contributed by atoms with van der Waals surface area (Å²) in [6, 6.07) is 8.18. The van der Waals surface area contributed by atoms with Gasteiger partial charge in [-0.05, 0) is 38.2 Å². The van der Waals surface area contributed by atoms with Crippen molar-refractivity contribution in [3.63, 3.8) is 0 Å². The molecule has 8 nitrogen and oxygen atoms in total. The first-order valence-electron chi connectivity index (χ1n) is 9.91. The SMILES string of the molecule is COc1ccccc1N1CC=CC1(C)CNC(C)Cn1c(=S)[nH]c(=O)c2[nH]cnc21. The zero-order valence-corrected chi connectivity index (χ0v) is 18.1. The van der Waals surface area contributed by atoms with Crippen LogP contribution in [-0.4, -0.2) is 51.3 Å². The number of methoxy groups -OCH3 is 1. The number of benzene rings is 1. The molecule has 1 aromatic carbocycles. The number of aromatic amines is 2. The number of anilines is 1. The van der Waals surface area contributed by atoms with Gasteiger partial charge in [-0.3, -0.25) is 14.3 Å². The monoisotopic (exact) mass is 426 g/mol. The van der Waals surface area contributed by atoms with E-state index in [9.17, 15) is 4.79 Å². The minimum atomic E-state index is -0.250. The van der Waals surface area contributed by atoms with Gasteiger partial charge in [0.25, 0.3) is 5.56 Å². The Balaban J connectivity index is 1.50. The molecule has 3 aromatic rings. The molecular weight excluding hydrogens is 400 g/mol. The van der Waals surface area contributed by atoms with Crippen LogP contribution in [0.1, 0.15) is 13.8 Å². The van der Waals surface area contributed by atoms with Gasteiger partial charge in [0, 0.05) is 25.7 Å². The van der Waals surface area contributed by atoms with Crippen LogP contribution in [0.2, 0.25) is 0 Å². The third kappa shape index (κ3) is 3.66. The van der Waals surface area contributed by atoms with Crippen molar-refractivity contribution in [2.45, 2.75) is 32.0 Å². The Bertz CT molecular complexity index is 1200. The normalized spacial score (nSPS) is 19.5. The van der Waals surface area contributed by atoms with E-state index < -0.39 is 0 Å². The van der Waals surface area contributed by atoms with Crippen LogP contribution < -0.4 is 20.5 Å². The number of rotatable bonds is 7. The molecule has 0 fully saturated rings. The minimum Gasteiger partial charge on any atom is -0.495 e. The molecule has 0 saturated carbocycles. The quantitative estimate of drug-likeness (QED) is 0.397. The number of imidazole rings is 1. The van der Waals surface area contributed by atoms with Crippen molar-refractivity contribution >= 4 is 29.1 Å². The van der Waals surface area contributed by atoms with Gasteiger partial charge in [0.1, 0.15) is 11.3 Å². The summed E-state index contributed by atoms with van der Waals surface area (Å²) < 4.78 is 7.79. The van der Waals surface area contributed by atoms with Gasteiger partial charge in [-0.25, -0.2) is 4.98 Å². The first kappa shape index (κ1) is 20.4. The van der Waals surface area contributed by atoms with E-state index in [-0.39, 0.29) is 17.1 Å². The number of nitrogens with one attached hydrogen (secondary N) is 3. The Hall–Kier alpha value is -2.91. The number of hydrogen-bond acceptors (Lipinski definition) is 6.